The summed E-state index contributed by atoms with van der Waals surface area (Å²) in [4.78, 5) is 12.9. The second kappa shape index (κ2) is 5.88. The first-order valence-electron chi connectivity index (χ1n) is 6.38. The molecule has 0 spiro atoms. The molecule has 1 saturated heterocycles. The van der Waals surface area contributed by atoms with Gasteiger partial charge >= 0.3 is 0 Å². The minimum atomic E-state index is -0.369. The van der Waals surface area contributed by atoms with Crippen molar-refractivity contribution in [2.24, 2.45) is 0 Å². The number of piperidine rings is 1. The van der Waals surface area contributed by atoms with E-state index in [1.807, 2.05) is 6.07 Å². The lowest BCUT2D eigenvalue weighted by Crippen LogP contribution is -2.42. The molecule has 0 aliphatic carbocycles. The highest BCUT2D eigenvalue weighted by Crippen LogP contribution is 2.29. The minimum Gasteiger partial charge on any atom is -0.382 e. The van der Waals surface area contributed by atoms with Crippen LogP contribution in [0.15, 0.2) is 22.7 Å². The summed E-state index contributed by atoms with van der Waals surface area (Å²) in [6.07, 6.45) is 2.12. The van der Waals surface area contributed by atoms with E-state index in [0.29, 0.717) is 16.6 Å². The van der Waals surface area contributed by atoms with Crippen molar-refractivity contribution in [1.29, 1.82) is 0 Å². The molecule has 0 bridgehead atoms. The maximum atomic E-state index is 10.9. The Bertz CT molecular complexity index is 481. The van der Waals surface area contributed by atoms with E-state index in [1.165, 1.54) is 0 Å². The van der Waals surface area contributed by atoms with E-state index >= 15 is 0 Å². The van der Waals surface area contributed by atoms with Crippen molar-refractivity contribution >= 4 is 27.3 Å². The number of nitro groups is 1. The number of nitro benzene ring substituents is 1. The molecule has 1 aromatic carbocycles. The first-order valence-corrected chi connectivity index (χ1v) is 7.17. The highest BCUT2D eigenvalue weighted by atomic mass is 79.9. The summed E-state index contributed by atoms with van der Waals surface area (Å²) < 4.78 is 0.514. The van der Waals surface area contributed by atoms with Gasteiger partial charge in [-0.05, 0) is 54.9 Å². The molecular formula is C13H18BrN3O2. The quantitative estimate of drug-likeness (QED) is 0.683. The zero-order valence-corrected chi connectivity index (χ0v) is 12.7. The number of hydrogen-bond acceptors (Lipinski definition) is 4. The molecule has 0 saturated carbocycles. The Morgan fingerprint density at radius 1 is 1.53 bits per heavy atom. The Morgan fingerprint density at radius 3 is 2.89 bits per heavy atom. The van der Waals surface area contributed by atoms with Gasteiger partial charge in [0.25, 0.3) is 5.69 Å². The molecule has 6 heteroatoms. The van der Waals surface area contributed by atoms with Gasteiger partial charge < -0.3 is 10.2 Å². The zero-order valence-electron chi connectivity index (χ0n) is 11.1. The maximum Gasteiger partial charge on any atom is 0.285 e. The fraction of sp³-hybridized carbons (Fsp3) is 0.538. The lowest BCUT2D eigenvalue weighted by Gasteiger charge is -2.35. The van der Waals surface area contributed by atoms with Gasteiger partial charge in [0.15, 0.2) is 0 Å². The van der Waals surface area contributed by atoms with E-state index in [9.17, 15) is 10.1 Å². The third-order valence-corrected chi connectivity index (χ3v) is 4.39. The smallest absolute Gasteiger partial charge is 0.285 e. The van der Waals surface area contributed by atoms with Crippen LogP contribution in [0.1, 0.15) is 19.8 Å². The van der Waals surface area contributed by atoms with Crippen LogP contribution >= 0.6 is 15.9 Å². The Labute approximate surface area is 121 Å². The summed E-state index contributed by atoms with van der Waals surface area (Å²) in [5.74, 6) is 0. The second-order valence-electron chi connectivity index (χ2n) is 5.12. The topological polar surface area (TPSA) is 58.4 Å². The molecule has 19 heavy (non-hydrogen) atoms. The summed E-state index contributed by atoms with van der Waals surface area (Å²) in [7, 11) is 2.13. The molecule has 5 nitrogen and oxygen atoms in total. The maximum absolute atomic E-state index is 10.9. The van der Waals surface area contributed by atoms with Crippen LogP contribution in [0, 0.1) is 10.1 Å². The lowest BCUT2D eigenvalue weighted by atomic mass is 9.98. The molecule has 2 atom stereocenters. The second-order valence-corrected chi connectivity index (χ2v) is 5.97. The molecular weight excluding hydrogens is 310 g/mol. The number of likely N-dealkylation sites (tertiary alicyclic amines) is 1. The van der Waals surface area contributed by atoms with Gasteiger partial charge in [-0.25, -0.2) is 0 Å². The summed E-state index contributed by atoms with van der Waals surface area (Å²) in [6, 6.07) is 6.11. The van der Waals surface area contributed by atoms with E-state index in [-0.39, 0.29) is 10.6 Å². The number of hydrogen-bond donors (Lipinski definition) is 1. The SMILES string of the molecule is CC1CC(Nc2ccc(Br)c([N+](=O)[O-])c2)CCN1C. The molecule has 2 rings (SSSR count). The number of nitrogens with one attached hydrogen (secondary N) is 1. The Balaban J connectivity index is 2.07. The van der Waals surface area contributed by atoms with Crippen molar-refractivity contribution in [2.45, 2.75) is 31.8 Å². The number of anilines is 1. The molecule has 1 aliphatic heterocycles. The number of halogens is 1. The normalized spacial score (nSPS) is 24.2. The minimum absolute atomic E-state index is 0.103. The molecule has 0 amide bonds. The van der Waals surface area contributed by atoms with Gasteiger partial charge in [0.2, 0.25) is 0 Å². The highest BCUT2D eigenvalue weighted by molar-refractivity contribution is 9.10. The Hall–Kier alpha value is -1.14. The Kier molecular flexibility index (Phi) is 4.42. The zero-order chi connectivity index (χ0) is 14.0. The first-order chi connectivity index (χ1) is 8.97. The largest absolute Gasteiger partial charge is 0.382 e. The molecule has 1 fully saturated rings. The van der Waals surface area contributed by atoms with Crippen molar-refractivity contribution in [3.05, 3.63) is 32.8 Å². The average molecular weight is 328 g/mol. The molecule has 1 aliphatic rings. The van der Waals surface area contributed by atoms with Gasteiger partial charge in [0, 0.05) is 30.4 Å². The van der Waals surface area contributed by atoms with Crippen molar-refractivity contribution in [3.8, 4) is 0 Å². The molecule has 0 aromatic heterocycles. The van der Waals surface area contributed by atoms with Gasteiger partial charge in [0.1, 0.15) is 0 Å². The fourth-order valence-electron chi connectivity index (χ4n) is 2.40. The summed E-state index contributed by atoms with van der Waals surface area (Å²) in [6.45, 7) is 3.26. The molecule has 1 N–H and O–H groups in total. The van der Waals surface area contributed by atoms with Crippen LogP contribution in [-0.4, -0.2) is 35.5 Å². The van der Waals surface area contributed by atoms with Crippen molar-refractivity contribution in [2.75, 3.05) is 18.9 Å². The lowest BCUT2D eigenvalue weighted by molar-refractivity contribution is -0.385. The van der Waals surface area contributed by atoms with E-state index in [2.05, 4.69) is 40.1 Å². The predicted octanol–water partition coefficient (Wildman–Crippen LogP) is 3.25. The van der Waals surface area contributed by atoms with E-state index in [1.54, 1.807) is 12.1 Å². The van der Waals surface area contributed by atoms with Crippen LogP contribution < -0.4 is 5.32 Å². The first kappa shape index (κ1) is 14.3. The van der Waals surface area contributed by atoms with Crippen molar-refractivity contribution in [3.63, 3.8) is 0 Å². The molecule has 1 aromatic rings. The van der Waals surface area contributed by atoms with Crippen LogP contribution in [0.25, 0.3) is 0 Å². The fourth-order valence-corrected chi connectivity index (χ4v) is 2.79. The Morgan fingerprint density at radius 2 is 2.26 bits per heavy atom. The van der Waals surface area contributed by atoms with E-state index in [0.717, 1.165) is 25.1 Å². The standard InChI is InChI=1S/C13H18BrN3O2/c1-9-7-11(5-6-16(9)2)15-10-3-4-12(14)13(8-10)17(18)19/h3-4,8-9,11,15H,5-7H2,1-2H3. The van der Waals surface area contributed by atoms with E-state index in [4.69, 9.17) is 0 Å². The van der Waals surface area contributed by atoms with Crippen LogP contribution in [0.5, 0.6) is 0 Å². The van der Waals surface area contributed by atoms with Gasteiger partial charge in [-0.1, -0.05) is 0 Å². The number of benzene rings is 1. The number of nitrogens with zero attached hydrogens (tertiary/aromatic N) is 2. The van der Waals surface area contributed by atoms with Crippen molar-refractivity contribution in [1.82, 2.24) is 4.90 Å². The third-order valence-electron chi connectivity index (χ3n) is 3.72. The van der Waals surface area contributed by atoms with Crippen LogP contribution in [0.4, 0.5) is 11.4 Å². The average Bonchev–Trinajstić information content (AvgIpc) is 2.36. The van der Waals surface area contributed by atoms with Gasteiger partial charge in [-0.2, -0.15) is 0 Å². The van der Waals surface area contributed by atoms with Gasteiger partial charge in [-0.15, -0.1) is 0 Å². The van der Waals surface area contributed by atoms with Crippen LogP contribution in [0.2, 0.25) is 0 Å². The third kappa shape index (κ3) is 3.45. The highest BCUT2D eigenvalue weighted by Gasteiger charge is 2.23. The summed E-state index contributed by atoms with van der Waals surface area (Å²) in [5, 5.41) is 14.3. The van der Waals surface area contributed by atoms with Gasteiger partial charge in [-0.3, -0.25) is 10.1 Å². The van der Waals surface area contributed by atoms with Crippen LogP contribution in [-0.2, 0) is 0 Å². The van der Waals surface area contributed by atoms with Gasteiger partial charge in [0.05, 0.1) is 9.40 Å². The number of rotatable bonds is 3. The molecule has 2 unspecified atom stereocenters. The molecule has 0 radical (unpaired) electrons. The van der Waals surface area contributed by atoms with Crippen molar-refractivity contribution < 1.29 is 4.92 Å². The predicted molar refractivity (Wildman–Crippen MR) is 79.5 cm³/mol. The molecule has 104 valence electrons. The summed E-state index contributed by atoms with van der Waals surface area (Å²) >= 11 is 3.20. The summed E-state index contributed by atoms with van der Waals surface area (Å²) in [5.41, 5.74) is 0.919. The van der Waals surface area contributed by atoms with Crippen LogP contribution in [0.3, 0.4) is 0 Å². The van der Waals surface area contributed by atoms with E-state index < -0.39 is 0 Å². The molecule has 1 heterocycles. The monoisotopic (exact) mass is 327 g/mol.